The number of nitrogens with two attached hydrogens (primary N) is 1. The highest BCUT2D eigenvalue weighted by molar-refractivity contribution is 5.86. The third-order valence-electron chi connectivity index (χ3n) is 2.75. The van der Waals surface area contributed by atoms with E-state index >= 15 is 0 Å². The maximum atomic E-state index is 12.6. The summed E-state index contributed by atoms with van der Waals surface area (Å²) in [5, 5.41) is 4.36. The molecule has 1 aromatic carbocycles. The zero-order chi connectivity index (χ0) is 13.6. The Kier molecular flexibility index (Phi) is 2.31. The van der Waals surface area contributed by atoms with Gasteiger partial charge in [-0.3, -0.25) is 0 Å². The first-order chi connectivity index (χ1) is 8.93. The first-order valence-corrected chi connectivity index (χ1v) is 5.36. The predicted octanol–water partition coefficient (Wildman–Crippen LogP) is 3.42. The third kappa shape index (κ3) is 2.03. The van der Waals surface area contributed by atoms with Crippen LogP contribution < -0.4 is 5.73 Å². The van der Waals surface area contributed by atoms with Gasteiger partial charge in [-0.15, -0.1) is 0 Å². The maximum Gasteiger partial charge on any atom is 0.416 e. The molecule has 2 heterocycles. The molecule has 0 aliphatic heterocycles. The van der Waals surface area contributed by atoms with Crippen molar-refractivity contribution in [2.24, 2.45) is 0 Å². The molecule has 0 fully saturated rings. The van der Waals surface area contributed by atoms with Crippen LogP contribution in [0.15, 0.2) is 34.9 Å². The molecule has 4 nitrogen and oxygen atoms in total. The summed E-state index contributed by atoms with van der Waals surface area (Å²) in [7, 11) is 0. The molecule has 0 unspecified atom stereocenters. The second kappa shape index (κ2) is 3.78. The van der Waals surface area contributed by atoms with Gasteiger partial charge in [-0.05, 0) is 18.2 Å². The van der Waals surface area contributed by atoms with Crippen LogP contribution in [-0.4, -0.2) is 10.1 Å². The Bertz CT molecular complexity index is 742. The lowest BCUT2D eigenvalue weighted by atomic mass is 10.1. The van der Waals surface area contributed by atoms with E-state index in [0.29, 0.717) is 22.3 Å². The standard InChI is InChI=1S/C12H8F3N3O/c13-12(14,15)7-2-1-6-3-9(17-8(6)4-7)10-5-11(16)19-18-10/h1-5,17H,16H2. The molecule has 0 saturated carbocycles. The first kappa shape index (κ1) is 11.6. The van der Waals surface area contributed by atoms with Gasteiger partial charge in [0, 0.05) is 17.0 Å². The summed E-state index contributed by atoms with van der Waals surface area (Å²) >= 11 is 0. The number of alkyl halides is 3. The molecule has 98 valence electrons. The Morgan fingerprint density at radius 2 is 1.95 bits per heavy atom. The molecule has 0 spiro atoms. The van der Waals surface area contributed by atoms with E-state index in [4.69, 9.17) is 10.3 Å². The van der Waals surface area contributed by atoms with Crippen LogP contribution in [-0.2, 0) is 6.18 Å². The van der Waals surface area contributed by atoms with Gasteiger partial charge in [0.25, 0.3) is 0 Å². The van der Waals surface area contributed by atoms with Crippen LogP contribution >= 0.6 is 0 Å². The van der Waals surface area contributed by atoms with Gasteiger partial charge in [0.2, 0.25) is 5.88 Å². The van der Waals surface area contributed by atoms with E-state index in [9.17, 15) is 13.2 Å². The molecule has 2 aromatic heterocycles. The SMILES string of the molecule is Nc1cc(-c2cc3ccc(C(F)(F)F)cc3[nH]2)no1. The molecule has 3 rings (SSSR count). The molecule has 0 radical (unpaired) electrons. The lowest BCUT2D eigenvalue weighted by Crippen LogP contribution is -2.03. The summed E-state index contributed by atoms with van der Waals surface area (Å²) in [6.07, 6.45) is -4.36. The van der Waals surface area contributed by atoms with Gasteiger partial charge in [0.05, 0.1) is 11.3 Å². The number of rotatable bonds is 1. The molecule has 0 atom stereocenters. The highest BCUT2D eigenvalue weighted by Gasteiger charge is 2.30. The number of nitrogens with one attached hydrogen (secondary N) is 1. The average Bonchev–Trinajstić information content (AvgIpc) is 2.92. The minimum absolute atomic E-state index is 0.143. The summed E-state index contributed by atoms with van der Waals surface area (Å²) in [5.74, 6) is 0.143. The van der Waals surface area contributed by atoms with Crippen molar-refractivity contribution in [3.63, 3.8) is 0 Å². The Hall–Kier alpha value is -2.44. The molecule has 0 amide bonds. The topological polar surface area (TPSA) is 67.8 Å². The Morgan fingerprint density at radius 3 is 2.58 bits per heavy atom. The number of hydrogen-bond acceptors (Lipinski definition) is 3. The summed E-state index contributed by atoms with van der Waals surface area (Å²) in [6.45, 7) is 0. The van der Waals surface area contributed by atoms with Gasteiger partial charge in [0.1, 0.15) is 5.69 Å². The molecule has 3 aromatic rings. The maximum absolute atomic E-state index is 12.6. The second-order valence-corrected chi connectivity index (χ2v) is 4.10. The van der Waals surface area contributed by atoms with Crippen LogP contribution in [0.5, 0.6) is 0 Å². The lowest BCUT2D eigenvalue weighted by molar-refractivity contribution is -0.137. The molecule has 19 heavy (non-hydrogen) atoms. The third-order valence-corrected chi connectivity index (χ3v) is 2.75. The fourth-order valence-corrected chi connectivity index (χ4v) is 1.86. The zero-order valence-electron chi connectivity index (χ0n) is 9.45. The summed E-state index contributed by atoms with van der Waals surface area (Å²) in [4.78, 5) is 2.86. The molecule has 7 heteroatoms. The van der Waals surface area contributed by atoms with Crippen molar-refractivity contribution >= 4 is 16.8 Å². The monoisotopic (exact) mass is 267 g/mol. The number of fused-ring (bicyclic) bond motifs is 1. The number of aromatic amines is 1. The molecular formula is C12H8F3N3O. The van der Waals surface area contributed by atoms with E-state index in [1.54, 1.807) is 6.07 Å². The number of benzene rings is 1. The van der Waals surface area contributed by atoms with Crippen molar-refractivity contribution in [2.45, 2.75) is 6.18 Å². The molecule has 0 aliphatic carbocycles. The van der Waals surface area contributed by atoms with Gasteiger partial charge < -0.3 is 15.2 Å². The van der Waals surface area contributed by atoms with Gasteiger partial charge >= 0.3 is 6.18 Å². The van der Waals surface area contributed by atoms with E-state index in [0.717, 1.165) is 12.1 Å². The number of hydrogen-bond donors (Lipinski definition) is 2. The molecule has 0 aliphatic rings. The Labute approximate surface area is 105 Å². The fourth-order valence-electron chi connectivity index (χ4n) is 1.86. The zero-order valence-corrected chi connectivity index (χ0v) is 9.45. The van der Waals surface area contributed by atoms with Crippen LogP contribution in [0.25, 0.3) is 22.3 Å². The number of anilines is 1. The largest absolute Gasteiger partial charge is 0.416 e. The van der Waals surface area contributed by atoms with Crippen molar-refractivity contribution in [1.82, 2.24) is 10.1 Å². The van der Waals surface area contributed by atoms with Gasteiger partial charge in [0.15, 0.2) is 0 Å². The first-order valence-electron chi connectivity index (χ1n) is 5.36. The highest BCUT2D eigenvalue weighted by Crippen LogP contribution is 2.32. The molecule has 0 bridgehead atoms. The van der Waals surface area contributed by atoms with Crippen molar-refractivity contribution in [3.05, 3.63) is 35.9 Å². The summed E-state index contributed by atoms with van der Waals surface area (Å²) < 4.78 is 42.5. The van der Waals surface area contributed by atoms with Crippen LogP contribution in [0.4, 0.5) is 19.1 Å². The van der Waals surface area contributed by atoms with Crippen molar-refractivity contribution in [2.75, 3.05) is 5.73 Å². The van der Waals surface area contributed by atoms with Crippen LogP contribution in [0.1, 0.15) is 5.56 Å². The lowest BCUT2D eigenvalue weighted by Gasteiger charge is -2.05. The quantitative estimate of drug-likeness (QED) is 0.709. The molecule has 3 N–H and O–H groups in total. The summed E-state index contributed by atoms with van der Waals surface area (Å²) in [6, 6.07) is 6.68. The predicted molar refractivity (Wildman–Crippen MR) is 63.2 cm³/mol. The summed E-state index contributed by atoms with van der Waals surface area (Å²) in [5.41, 5.74) is 6.08. The van der Waals surface area contributed by atoms with E-state index in [2.05, 4.69) is 10.1 Å². The van der Waals surface area contributed by atoms with Crippen molar-refractivity contribution < 1.29 is 17.7 Å². The van der Waals surface area contributed by atoms with E-state index in [1.165, 1.54) is 12.1 Å². The van der Waals surface area contributed by atoms with Gasteiger partial charge in [-0.2, -0.15) is 13.2 Å². The van der Waals surface area contributed by atoms with E-state index in [1.807, 2.05) is 0 Å². The van der Waals surface area contributed by atoms with E-state index < -0.39 is 11.7 Å². The van der Waals surface area contributed by atoms with E-state index in [-0.39, 0.29) is 5.88 Å². The Morgan fingerprint density at radius 1 is 1.16 bits per heavy atom. The van der Waals surface area contributed by atoms with Crippen LogP contribution in [0.2, 0.25) is 0 Å². The second-order valence-electron chi connectivity index (χ2n) is 4.10. The Balaban J connectivity index is 2.11. The smallest absolute Gasteiger partial charge is 0.368 e. The highest BCUT2D eigenvalue weighted by atomic mass is 19.4. The number of halogens is 3. The minimum Gasteiger partial charge on any atom is -0.368 e. The van der Waals surface area contributed by atoms with Crippen LogP contribution in [0.3, 0.4) is 0 Å². The number of nitrogen functional groups attached to an aromatic ring is 1. The van der Waals surface area contributed by atoms with Crippen LogP contribution in [0, 0.1) is 0 Å². The van der Waals surface area contributed by atoms with Gasteiger partial charge in [-0.1, -0.05) is 11.2 Å². The number of H-pyrrole nitrogens is 1. The number of aromatic nitrogens is 2. The average molecular weight is 267 g/mol. The fraction of sp³-hybridized carbons (Fsp3) is 0.0833. The number of nitrogens with zero attached hydrogens (tertiary/aromatic N) is 1. The normalized spacial score (nSPS) is 12.2. The molecular weight excluding hydrogens is 259 g/mol. The van der Waals surface area contributed by atoms with Crippen molar-refractivity contribution in [1.29, 1.82) is 0 Å². The van der Waals surface area contributed by atoms with Crippen molar-refractivity contribution in [3.8, 4) is 11.4 Å². The molecule has 0 saturated heterocycles. The van der Waals surface area contributed by atoms with Gasteiger partial charge in [-0.25, -0.2) is 0 Å². The minimum atomic E-state index is -4.36.